The molecular weight excluding hydrogens is 298 g/mol. The van der Waals surface area contributed by atoms with Gasteiger partial charge in [-0.2, -0.15) is 4.31 Å². The Morgan fingerprint density at radius 1 is 1.29 bits per heavy atom. The molecule has 1 heterocycles. The Labute approximate surface area is 121 Å². The van der Waals surface area contributed by atoms with Gasteiger partial charge in [0.2, 0.25) is 10.0 Å². The molecule has 8 heteroatoms. The molecule has 0 unspecified atom stereocenters. The van der Waals surface area contributed by atoms with Crippen LogP contribution >= 0.6 is 0 Å². The molecule has 1 aromatic rings. The molecule has 2 fully saturated rings. The van der Waals surface area contributed by atoms with Gasteiger partial charge in [0.25, 0.3) is 0 Å². The number of aromatic hydroxyl groups is 1. The van der Waals surface area contributed by atoms with E-state index in [1.54, 1.807) is 0 Å². The molecule has 0 aromatic heterocycles. The maximum atomic E-state index is 12.4. The van der Waals surface area contributed by atoms with E-state index in [4.69, 9.17) is 5.11 Å². The van der Waals surface area contributed by atoms with Crippen molar-refractivity contribution in [3.8, 4) is 5.75 Å². The minimum Gasteiger partial charge on any atom is -0.507 e. The van der Waals surface area contributed by atoms with Crippen molar-refractivity contribution in [3.05, 3.63) is 23.8 Å². The minimum atomic E-state index is -3.85. The van der Waals surface area contributed by atoms with Gasteiger partial charge >= 0.3 is 5.97 Å². The molecule has 0 atom stereocenters. The smallest absolute Gasteiger partial charge is 0.339 e. The largest absolute Gasteiger partial charge is 0.507 e. The van der Waals surface area contributed by atoms with Crippen molar-refractivity contribution in [3.63, 3.8) is 0 Å². The number of hydrogen-bond acceptors (Lipinski definition) is 5. The van der Waals surface area contributed by atoms with E-state index in [1.807, 2.05) is 0 Å². The Morgan fingerprint density at radius 2 is 1.90 bits per heavy atom. The van der Waals surface area contributed by atoms with Gasteiger partial charge in [-0.25, -0.2) is 13.2 Å². The molecule has 1 aliphatic carbocycles. The van der Waals surface area contributed by atoms with E-state index in [0.717, 1.165) is 35.3 Å². The first-order valence-electron chi connectivity index (χ1n) is 6.53. The first-order chi connectivity index (χ1) is 9.74. The Balaban J connectivity index is 1.86. The quantitative estimate of drug-likeness (QED) is 0.733. The van der Waals surface area contributed by atoms with E-state index in [-0.39, 0.29) is 23.9 Å². The summed E-state index contributed by atoms with van der Waals surface area (Å²) in [5, 5.41) is 28.5. The van der Waals surface area contributed by atoms with E-state index < -0.39 is 32.9 Å². The molecule has 0 radical (unpaired) electrons. The summed E-state index contributed by atoms with van der Waals surface area (Å²) in [6.07, 6.45) is 1.82. The average molecular weight is 313 g/mol. The molecule has 1 saturated heterocycles. The first kappa shape index (κ1) is 14.3. The van der Waals surface area contributed by atoms with Crippen LogP contribution in [0.2, 0.25) is 0 Å². The van der Waals surface area contributed by atoms with Crippen LogP contribution in [0.5, 0.6) is 5.75 Å². The average Bonchev–Trinajstić information content (AvgIpc) is 3.19. The molecule has 1 saturated carbocycles. The van der Waals surface area contributed by atoms with Crippen LogP contribution in [0.3, 0.4) is 0 Å². The summed E-state index contributed by atoms with van der Waals surface area (Å²) in [4.78, 5) is 10.7. The van der Waals surface area contributed by atoms with Crippen molar-refractivity contribution in [1.29, 1.82) is 0 Å². The number of carbonyl (C=O) groups is 1. The van der Waals surface area contributed by atoms with Crippen LogP contribution in [-0.2, 0) is 10.0 Å². The highest BCUT2D eigenvalue weighted by atomic mass is 32.2. The van der Waals surface area contributed by atoms with Gasteiger partial charge < -0.3 is 15.3 Å². The molecule has 3 N–H and O–H groups in total. The molecule has 2 aliphatic rings. The van der Waals surface area contributed by atoms with Crippen molar-refractivity contribution in [2.75, 3.05) is 13.1 Å². The predicted octanol–water partition coefficient (Wildman–Crippen LogP) is 0.236. The molecule has 21 heavy (non-hydrogen) atoms. The van der Waals surface area contributed by atoms with Crippen molar-refractivity contribution in [2.24, 2.45) is 5.92 Å². The molecule has 7 nitrogen and oxygen atoms in total. The third-order valence-corrected chi connectivity index (χ3v) is 5.86. The van der Waals surface area contributed by atoms with Crippen molar-refractivity contribution >= 4 is 16.0 Å². The topological polar surface area (TPSA) is 115 Å². The van der Waals surface area contributed by atoms with Crippen LogP contribution in [0.25, 0.3) is 0 Å². The number of benzene rings is 1. The zero-order valence-corrected chi connectivity index (χ0v) is 11.9. The molecule has 1 aliphatic heterocycles. The van der Waals surface area contributed by atoms with E-state index in [9.17, 15) is 23.4 Å². The highest BCUT2D eigenvalue weighted by Gasteiger charge is 2.55. The Morgan fingerprint density at radius 3 is 2.43 bits per heavy atom. The summed E-state index contributed by atoms with van der Waals surface area (Å²) in [5.74, 6) is -1.72. The number of hydrogen-bond donors (Lipinski definition) is 3. The fraction of sp³-hybridized carbons (Fsp3) is 0.462. The van der Waals surface area contributed by atoms with Gasteiger partial charge in [-0.3, -0.25) is 0 Å². The number of carboxylic acids is 1. The highest BCUT2D eigenvalue weighted by molar-refractivity contribution is 7.89. The van der Waals surface area contributed by atoms with Gasteiger partial charge in [0.15, 0.2) is 0 Å². The Bertz CT molecular complexity index is 703. The number of phenols is 1. The number of aromatic carboxylic acids is 1. The first-order valence-corrected chi connectivity index (χ1v) is 7.97. The number of β-amino-alcohol motifs (C(OH)–C–C–N with tert-alkyl or cyclic N) is 1. The maximum absolute atomic E-state index is 12.4. The number of rotatable bonds is 4. The summed E-state index contributed by atoms with van der Waals surface area (Å²) < 4.78 is 25.9. The summed E-state index contributed by atoms with van der Waals surface area (Å²) in [5.41, 5.74) is -1.41. The monoisotopic (exact) mass is 313 g/mol. The van der Waals surface area contributed by atoms with Crippen molar-refractivity contribution in [2.45, 2.75) is 23.3 Å². The van der Waals surface area contributed by atoms with E-state index in [1.165, 1.54) is 0 Å². The lowest BCUT2D eigenvalue weighted by molar-refractivity contribution is -0.0764. The fourth-order valence-corrected chi connectivity index (χ4v) is 4.20. The summed E-state index contributed by atoms with van der Waals surface area (Å²) in [6, 6.07) is 3.14. The zero-order chi connectivity index (χ0) is 15.4. The summed E-state index contributed by atoms with van der Waals surface area (Å²) in [7, 11) is -3.85. The van der Waals surface area contributed by atoms with Gasteiger partial charge in [0.05, 0.1) is 10.5 Å². The fourth-order valence-electron chi connectivity index (χ4n) is 2.61. The molecule has 0 amide bonds. The minimum absolute atomic E-state index is 0.0310. The summed E-state index contributed by atoms with van der Waals surface area (Å²) in [6.45, 7) is 0.0621. The molecule has 114 valence electrons. The SMILES string of the molecule is O=C(O)c1cc(S(=O)(=O)N2CC(O)(C3CC3)C2)ccc1O. The van der Waals surface area contributed by atoms with Crippen LogP contribution in [-0.4, -0.2) is 52.7 Å². The third-order valence-electron chi connectivity index (χ3n) is 4.07. The van der Waals surface area contributed by atoms with Gasteiger partial charge in [-0.1, -0.05) is 0 Å². The molecule has 0 bridgehead atoms. The Kier molecular flexibility index (Phi) is 3.01. The maximum Gasteiger partial charge on any atom is 0.339 e. The van der Waals surface area contributed by atoms with Crippen molar-refractivity contribution in [1.82, 2.24) is 4.31 Å². The lowest BCUT2D eigenvalue weighted by Crippen LogP contribution is -2.64. The second-order valence-electron chi connectivity index (χ2n) is 5.64. The van der Waals surface area contributed by atoms with Crippen LogP contribution in [0.4, 0.5) is 0 Å². The van der Waals surface area contributed by atoms with Crippen molar-refractivity contribution < 1.29 is 28.5 Å². The molecular formula is C13H15NO6S. The van der Waals surface area contributed by atoms with Crippen LogP contribution < -0.4 is 0 Å². The van der Waals surface area contributed by atoms with Crippen LogP contribution in [0.1, 0.15) is 23.2 Å². The number of nitrogens with zero attached hydrogens (tertiary/aromatic N) is 1. The number of sulfonamides is 1. The molecule has 0 spiro atoms. The second-order valence-corrected chi connectivity index (χ2v) is 7.57. The van der Waals surface area contributed by atoms with E-state index >= 15 is 0 Å². The highest BCUT2D eigenvalue weighted by Crippen LogP contribution is 2.45. The predicted molar refractivity (Wildman–Crippen MR) is 71.5 cm³/mol. The van der Waals surface area contributed by atoms with Crippen LogP contribution in [0, 0.1) is 5.92 Å². The van der Waals surface area contributed by atoms with E-state index in [2.05, 4.69) is 0 Å². The number of aliphatic hydroxyl groups is 1. The third kappa shape index (κ3) is 2.29. The standard InChI is InChI=1S/C13H15NO6S/c15-11-4-3-9(5-10(11)12(16)17)21(19,20)14-6-13(18,7-14)8-1-2-8/h3-5,8,15,18H,1-2,6-7H2,(H,16,17). The van der Waals surface area contributed by atoms with Gasteiger partial charge in [0.1, 0.15) is 11.3 Å². The molecule has 1 aromatic carbocycles. The lowest BCUT2D eigenvalue weighted by Gasteiger charge is -2.45. The lowest BCUT2D eigenvalue weighted by atomic mass is 9.91. The van der Waals surface area contributed by atoms with E-state index in [0.29, 0.717) is 0 Å². The van der Waals surface area contributed by atoms with Gasteiger partial charge in [0, 0.05) is 13.1 Å². The normalized spacial score (nSPS) is 21.8. The van der Waals surface area contributed by atoms with Gasteiger partial charge in [-0.15, -0.1) is 0 Å². The van der Waals surface area contributed by atoms with Gasteiger partial charge in [-0.05, 0) is 37.0 Å². The number of carboxylic acid groups (broad SMARTS) is 1. The van der Waals surface area contributed by atoms with Crippen LogP contribution in [0.15, 0.2) is 23.1 Å². The zero-order valence-electron chi connectivity index (χ0n) is 11.1. The second kappa shape index (κ2) is 4.43. The Hall–Kier alpha value is -1.64. The summed E-state index contributed by atoms with van der Waals surface area (Å²) >= 11 is 0. The molecule has 3 rings (SSSR count).